The van der Waals surface area contributed by atoms with Crippen LogP contribution < -0.4 is 0 Å². The molecular formula is C10H19NO. The summed E-state index contributed by atoms with van der Waals surface area (Å²) in [7, 11) is 0. The molecule has 1 fully saturated rings. The van der Waals surface area contributed by atoms with E-state index in [9.17, 15) is 4.79 Å². The van der Waals surface area contributed by atoms with Crippen LogP contribution in [0.2, 0.25) is 0 Å². The first-order chi connectivity index (χ1) is 5.74. The topological polar surface area (TPSA) is 20.3 Å². The molecule has 2 unspecified atom stereocenters. The van der Waals surface area contributed by atoms with Crippen LogP contribution >= 0.6 is 0 Å². The lowest BCUT2D eigenvalue weighted by Gasteiger charge is -2.36. The van der Waals surface area contributed by atoms with Crippen molar-refractivity contribution in [3.8, 4) is 0 Å². The van der Waals surface area contributed by atoms with Crippen molar-refractivity contribution in [3.05, 3.63) is 0 Å². The molecule has 1 saturated heterocycles. The minimum absolute atomic E-state index is 0.675. The second kappa shape index (κ2) is 4.61. The number of carbonyl (C=O) groups excluding carboxylic acids is 1. The standard InChI is InChI=1S/C10H19NO/c1-9-4-6-11(5-3-7-12)10(2)8-9/h7,9-10H,3-6,8H2,1-2H3. The Morgan fingerprint density at radius 1 is 1.50 bits per heavy atom. The van der Waals surface area contributed by atoms with Gasteiger partial charge in [-0.2, -0.15) is 0 Å². The van der Waals surface area contributed by atoms with Crippen LogP contribution in [0.4, 0.5) is 0 Å². The number of likely N-dealkylation sites (tertiary alicyclic amines) is 1. The van der Waals surface area contributed by atoms with Gasteiger partial charge in [0.15, 0.2) is 0 Å². The molecule has 0 aliphatic carbocycles. The van der Waals surface area contributed by atoms with Crippen molar-refractivity contribution >= 4 is 6.29 Å². The Bertz CT molecular complexity index is 147. The fourth-order valence-corrected chi connectivity index (χ4v) is 2.01. The predicted octanol–water partition coefficient (Wildman–Crippen LogP) is 1.70. The van der Waals surface area contributed by atoms with E-state index < -0.39 is 0 Å². The Balaban J connectivity index is 2.29. The van der Waals surface area contributed by atoms with Crippen LogP contribution in [0, 0.1) is 5.92 Å². The van der Waals surface area contributed by atoms with Gasteiger partial charge in [-0.3, -0.25) is 0 Å². The van der Waals surface area contributed by atoms with Gasteiger partial charge in [-0.05, 0) is 32.2 Å². The summed E-state index contributed by atoms with van der Waals surface area (Å²) in [5.74, 6) is 0.868. The highest BCUT2D eigenvalue weighted by Crippen LogP contribution is 2.21. The smallest absolute Gasteiger partial charge is 0.121 e. The highest BCUT2D eigenvalue weighted by molar-refractivity contribution is 5.49. The molecule has 0 amide bonds. The minimum atomic E-state index is 0.675. The van der Waals surface area contributed by atoms with E-state index in [1.54, 1.807) is 0 Å². The van der Waals surface area contributed by atoms with Crippen molar-refractivity contribution in [3.63, 3.8) is 0 Å². The first-order valence-electron chi connectivity index (χ1n) is 4.91. The minimum Gasteiger partial charge on any atom is -0.303 e. The van der Waals surface area contributed by atoms with Crippen LogP contribution in [0.25, 0.3) is 0 Å². The Hall–Kier alpha value is -0.370. The van der Waals surface area contributed by atoms with Gasteiger partial charge in [-0.1, -0.05) is 6.92 Å². The third kappa shape index (κ3) is 2.59. The molecule has 0 radical (unpaired) electrons. The van der Waals surface area contributed by atoms with Crippen LogP contribution in [0.3, 0.4) is 0 Å². The molecule has 0 saturated carbocycles. The fourth-order valence-electron chi connectivity index (χ4n) is 2.01. The third-order valence-electron chi connectivity index (χ3n) is 2.81. The predicted molar refractivity (Wildman–Crippen MR) is 50.1 cm³/mol. The van der Waals surface area contributed by atoms with Crippen molar-refractivity contribution in [2.75, 3.05) is 13.1 Å². The van der Waals surface area contributed by atoms with E-state index in [0.717, 1.165) is 18.7 Å². The quantitative estimate of drug-likeness (QED) is 0.599. The Kier molecular flexibility index (Phi) is 3.73. The fraction of sp³-hybridized carbons (Fsp3) is 0.900. The molecule has 2 nitrogen and oxygen atoms in total. The van der Waals surface area contributed by atoms with E-state index in [-0.39, 0.29) is 0 Å². The molecule has 0 bridgehead atoms. The van der Waals surface area contributed by atoms with E-state index in [1.165, 1.54) is 19.4 Å². The van der Waals surface area contributed by atoms with Crippen LogP contribution in [0.15, 0.2) is 0 Å². The molecule has 0 aromatic carbocycles. The van der Waals surface area contributed by atoms with Gasteiger partial charge in [0.2, 0.25) is 0 Å². The van der Waals surface area contributed by atoms with E-state index in [2.05, 4.69) is 18.7 Å². The zero-order chi connectivity index (χ0) is 8.97. The summed E-state index contributed by atoms with van der Waals surface area (Å²) in [5, 5.41) is 0. The summed E-state index contributed by atoms with van der Waals surface area (Å²) in [6.45, 7) is 6.71. The van der Waals surface area contributed by atoms with Crippen molar-refractivity contribution < 1.29 is 4.79 Å². The summed E-state index contributed by atoms with van der Waals surface area (Å²) in [6.07, 6.45) is 4.30. The molecule has 2 heteroatoms. The Morgan fingerprint density at radius 3 is 2.83 bits per heavy atom. The SMILES string of the molecule is CC1CCN(CCC=O)C(C)C1. The van der Waals surface area contributed by atoms with Crippen LogP contribution in [0.1, 0.15) is 33.1 Å². The van der Waals surface area contributed by atoms with Gasteiger partial charge in [0.25, 0.3) is 0 Å². The summed E-state index contributed by atoms with van der Waals surface area (Å²) >= 11 is 0. The molecular weight excluding hydrogens is 150 g/mol. The van der Waals surface area contributed by atoms with Gasteiger partial charge >= 0.3 is 0 Å². The van der Waals surface area contributed by atoms with E-state index in [1.807, 2.05) is 0 Å². The maximum Gasteiger partial charge on any atom is 0.121 e. The number of rotatable bonds is 3. The summed E-state index contributed by atoms with van der Waals surface area (Å²) in [5.41, 5.74) is 0. The zero-order valence-electron chi connectivity index (χ0n) is 8.12. The van der Waals surface area contributed by atoms with Crippen molar-refractivity contribution in [1.29, 1.82) is 0 Å². The lowest BCUT2D eigenvalue weighted by Crippen LogP contribution is -2.40. The summed E-state index contributed by atoms with van der Waals surface area (Å²) < 4.78 is 0. The van der Waals surface area contributed by atoms with Crippen molar-refractivity contribution in [2.24, 2.45) is 5.92 Å². The number of carbonyl (C=O) groups is 1. The molecule has 2 atom stereocenters. The first kappa shape index (κ1) is 9.72. The maximum absolute atomic E-state index is 10.2. The lowest BCUT2D eigenvalue weighted by molar-refractivity contribution is -0.108. The van der Waals surface area contributed by atoms with Crippen LogP contribution in [-0.4, -0.2) is 30.3 Å². The molecule has 1 aliphatic heterocycles. The third-order valence-corrected chi connectivity index (χ3v) is 2.81. The normalized spacial score (nSPS) is 31.8. The highest BCUT2D eigenvalue weighted by Gasteiger charge is 2.21. The number of aldehydes is 1. The number of piperidine rings is 1. The number of hydrogen-bond acceptors (Lipinski definition) is 2. The number of nitrogens with zero attached hydrogens (tertiary/aromatic N) is 1. The molecule has 70 valence electrons. The van der Waals surface area contributed by atoms with Gasteiger partial charge in [0.05, 0.1) is 0 Å². The Labute approximate surface area is 74.9 Å². The maximum atomic E-state index is 10.2. The molecule has 0 aromatic rings. The van der Waals surface area contributed by atoms with Crippen LogP contribution in [-0.2, 0) is 4.79 Å². The van der Waals surface area contributed by atoms with E-state index in [0.29, 0.717) is 12.5 Å². The second-order valence-corrected chi connectivity index (χ2v) is 3.97. The lowest BCUT2D eigenvalue weighted by atomic mass is 9.93. The molecule has 0 N–H and O–H groups in total. The average molecular weight is 169 g/mol. The molecule has 12 heavy (non-hydrogen) atoms. The zero-order valence-corrected chi connectivity index (χ0v) is 8.12. The van der Waals surface area contributed by atoms with E-state index in [4.69, 9.17) is 0 Å². The average Bonchev–Trinajstić information content (AvgIpc) is 2.03. The number of hydrogen-bond donors (Lipinski definition) is 0. The highest BCUT2D eigenvalue weighted by atomic mass is 16.1. The first-order valence-corrected chi connectivity index (χ1v) is 4.91. The van der Waals surface area contributed by atoms with Crippen LogP contribution in [0.5, 0.6) is 0 Å². The van der Waals surface area contributed by atoms with Crippen molar-refractivity contribution in [1.82, 2.24) is 4.90 Å². The van der Waals surface area contributed by atoms with Gasteiger partial charge in [0, 0.05) is 19.0 Å². The van der Waals surface area contributed by atoms with Gasteiger partial charge in [-0.15, -0.1) is 0 Å². The Morgan fingerprint density at radius 2 is 2.25 bits per heavy atom. The summed E-state index contributed by atoms with van der Waals surface area (Å²) in [6, 6.07) is 0.675. The van der Waals surface area contributed by atoms with Gasteiger partial charge in [-0.25, -0.2) is 0 Å². The van der Waals surface area contributed by atoms with Crippen molar-refractivity contribution in [2.45, 2.75) is 39.2 Å². The second-order valence-electron chi connectivity index (χ2n) is 3.97. The molecule has 1 rings (SSSR count). The molecule has 1 heterocycles. The van der Waals surface area contributed by atoms with Gasteiger partial charge in [0.1, 0.15) is 6.29 Å². The molecule has 0 aromatic heterocycles. The summed E-state index contributed by atoms with van der Waals surface area (Å²) in [4.78, 5) is 12.6. The van der Waals surface area contributed by atoms with E-state index >= 15 is 0 Å². The van der Waals surface area contributed by atoms with Gasteiger partial charge < -0.3 is 9.69 Å². The largest absolute Gasteiger partial charge is 0.303 e. The molecule has 0 spiro atoms. The monoisotopic (exact) mass is 169 g/mol. The molecule has 1 aliphatic rings.